The number of hydrogen-bond acceptors (Lipinski definition) is 3. The van der Waals surface area contributed by atoms with Gasteiger partial charge in [-0.1, -0.05) is 6.07 Å². The maximum absolute atomic E-state index is 13.9. The van der Waals surface area contributed by atoms with Gasteiger partial charge in [-0.25, -0.2) is 17.6 Å². The van der Waals surface area contributed by atoms with Gasteiger partial charge in [0.1, 0.15) is 11.6 Å². The van der Waals surface area contributed by atoms with Crippen LogP contribution in [0.3, 0.4) is 0 Å². The number of carbonyl (C=O) groups excluding carboxylic acids is 2. The lowest BCUT2D eigenvalue weighted by Gasteiger charge is -2.26. The Labute approximate surface area is 182 Å². The maximum Gasteiger partial charge on any atom is 0.254 e. The molecule has 9 heteroatoms. The van der Waals surface area contributed by atoms with Gasteiger partial charge in [0.2, 0.25) is 5.91 Å². The molecule has 170 valence electrons. The molecule has 2 fully saturated rings. The van der Waals surface area contributed by atoms with Crippen LogP contribution in [0.4, 0.5) is 17.6 Å². The molecule has 0 radical (unpaired) electrons. The lowest BCUT2D eigenvalue weighted by molar-refractivity contribution is -0.132. The molecule has 5 nitrogen and oxygen atoms in total. The van der Waals surface area contributed by atoms with E-state index in [9.17, 15) is 27.2 Å². The molecule has 2 aromatic carbocycles. The molecule has 0 spiro atoms. The van der Waals surface area contributed by atoms with Crippen LogP contribution in [-0.4, -0.2) is 53.3 Å². The first kappa shape index (κ1) is 22.3. The summed E-state index contributed by atoms with van der Waals surface area (Å²) in [5.41, 5.74) is 6.18. The van der Waals surface area contributed by atoms with Gasteiger partial charge in [-0.3, -0.25) is 9.59 Å². The monoisotopic (exact) mass is 449 g/mol. The van der Waals surface area contributed by atoms with E-state index in [1.165, 1.54) is 18.2 Å². The number of halogens is 4. The van der Waals surface area contributed by atoms with E-state index in [1.54, 1.807) is 15.9 Å². The van der Waals surface area contributed by atoms with Gasteiger partial charge in [0, 0.05) is 49.6 Å². The van der Waals surface area contributed by atoms with Gasteiger partial charge in [-0.15, -0.1) is 0 Å². The molecule has 0 aliphatic carbocycles. The highest BCUT2D eigenvalue weighted by molar-refractivity contribution is 5.94. The van der Waals surface area contributed by atoms with Crippen LogP contribution in [0.2, 0.25) is 0 Å². The quantitative estimate of drug-likeness (QED) is 0.564. The topological polar surface area (TPSA) is 66.6 Å². The number of nitrogens with two attached hydrogens (primary N) is 1. The summed E-state index contributed by atoms with van der Waals surface area (Å²) in [6.07, 6.45) is 0.538. The fourth-order valence-corrected chi connectivity index (χ4v) is 4.66. The minimum atomic E-state index is -1.28. The smallest absolute Gasteiger partial charge is 0.254 e. The molecule has 2 saturated heterocycles. The van der Waals surface area contributed by atoms with Crippen molar-refractivity contribution < 1.29 is 27.2 Å². The van der Waals surface area contributed by atoms with Crippen molar-refractivity contribution >= 4 is 11.8 Å². The molecule has 32 heavy (non-hydrogen) atoms. The molecule has 2 N–H and O–H groups in total. The largest absolute Gasteiger partial charge is 0.338 e. The molecule has 0 aromatic heterocycles. The van der Waals surface area contributed by atoms with E-state index in [-0.39, 0.29) is 47.7 Å². The summed E-state index contributed by atoms with van der Waals surface area (Å²) in [5.74, 6) is -4.23. The first-order valence-corrected chi connectivity index (χ1v) is 10.5. The Hall–Kier alpha value is -2.94. The number of carbonyl (C=O) groups is 2. The highest BCUT2D eigenvalue weighted by atomic mass is 19.2. The van der Waals surface area contributed by atoms with E-state index >= 15 is 0 Å². The Balaban J connectivity index is 1.37. The maximum atomic E-state index is 13.9. The number of likely N-dealkylation sites (tertiary alicyclic amines) is 2. The van der Waals surface area contributed by atoms with Gasteiger partial charge in [-0.2, -0.15) is 0 Å². The van der Waals surface area contributed by atoms with E-state index in [1.807, 2.05) is 0 Å². The third kappa shape index (κ3) is 4.48. The summed E-state index contributed by atoms with van der Waals surface area (Å²) in [6, 6.07) is 5.78. The van der Waals surface area contributed by atoms with Crippen LogP contribution in [0.1, 0.15) is 28.8 Å². The highest BCUT2D eigenvalue weighted by Gasteiger charge is 2.44. The van der Waals surface area contributed by atoms with Crippen LogP contribution in [0.25, 0.3) is 0 Å². The molecule has 2 heterocycles. The molecule has 2 aliphatic heterocycles. The average molecular weight is 449 g/mol. The second kappa shape index (κ2) is 8.90. The molecule has 2 amide bonds. The standard InChI is InChI=1S/C23H23F4N3O2/c24-16-3-1-2-13(6-16)23(32)29-11-14-4-5-30(21(14)12-29)22(31)9-17(28)7-15-8-19(26)20(27)10-18(15)25/h1-3,6,8,10,14,17,21H,4-5,7,9,11-12,28H2/t14-,17+,21+/m0/s1. The molecule has 2 aromatic rings. The molecular formula is C23H23F4N3O2. The molecule has 0 unspecified atom stereocenters. The normalized spacial score (nSPS) is 21.0. The van der Waals surface area contributed by atoms with Gasteiger partial charge >= 0.3 is 0 Å². The molecule has 2 aliphatic rings. The van der Waals surface area contributed by atoms with E-state index < -0.39 is 29.3 Å². The second-order valence-electron chi connectivity index (χ2n) is 8.45. The first-order chi connectivity index (χ1) is 15.2. The number of amides is 2. The van der Waals surface area contributed by atoms with Crippen LogP contribution in [0, 0.1) is 29.2 Å². The third-order valence-electron chi connectivity index (χ3n) is 6.23. The van der Waals surface area contributed by atoms with Crippen molar-refractivity contribution in [3.05, 3.63) is 70.8 Å². The van der Waals surface area contributed by atoms with Crippen molar-refractivity contribution in [1.29, 1.82) is 0 Å². The number of fused-ring (bicyclic) bond motifs is 1. The van der Waals surface area contributed by atoms with Crippen LogP contribution >= 0.6 is 0 Å². The number of rotatable bonds is 5. The minimum Gasteiger partial charge on any atom is -0.338 e. The number of benzene rings is 2. The Kier molecular flexibility index (Phi) is 6.19. The first-order valence-electron chi connectivity index (χ1n) is 10.5. The predicted molar refractivity (Wildman–Crippen MR) is 109 cm³/mol. The molecule has 0 saturated carbocycles. The van der Waals surface area contributed by atoms with Crippen molar-refractivity contribution in [2.45, 2.75) is 31.3 Å². The van der Waals surface area contributed by atoms with Crippen molar-refractivity contribution in [3.63, 3.8) is 0 Å². The van der Waals surface area contributed by atoms with Crippen molar-refractivity contribution in [2.75, 3.05) is 19.6 Å². The van der Waals surface area contributed by atoms with E-state index in [4.69, 9.17) is 5.73 Å². The second-order valence-corrected chi connectivity index (χ2v) is 8.45. The zero-order valence-corrected chi connectivity index (χ0v) is 17.2. The summed E-state index contributed by atoms with van der Waals surface area (Å²) in [7, 11) is 0. The molecule has 0 bridgehead atoms. The summed E-state index contributed by atoms with van der Waals surface area (Å²) in [4.78, 5) is 28.9. The molecule has 3 atom stereocenters. The minimum absolute atomic E-state index is 0.0838. The van der Waals surface area contributed by atoms with Crippen LogP contribution in [-0.2, 0) is 11.2 Å². The van der Waals surface area contributed by atoms with Gasteiger partial charge < -0.3 is 15.5 Å². The number of hydrogen-bond donors (Lipinski definition) is 1. The summed E-state index contributed by atoms with van der Waals surface area (Å²) < 4.78 is 53.8. The zero-order chi connectivity index (χ0) is 23.0. The van der Waals surface area contributed by atoms with E-state index in [0.717, 1.165) is 12.5 Å². The Morgan fingerprint density at radius 3 is 2.53 bits per heavy atom. The van der Waals surface area contributed by atoms with Gasteiger partial charge in [0.15, 0.2) is 11.6 Å². The Morgan fingerprint density at radius 1 is 1.03 bits per heavy atom. The van der Waals surface area contributed by atoms with Crippen LogP contribution in [0.5, 0.6) is 0 Å². The predicted octanol–water partition coefficient (Wildman–Crippen LogP) is 2.88. The zero-order valence-electron chi connectivity index (χ0n) is 17.2. The van der Waals surface area contributed by atoms with Gasteiger partial charge in [0.25, 0.3) is 5.91 Å². The van der Waals surface area contributed by atoms with Gasteiger partial charge in [-0.05, 0) is 42.7 Å². The third-order valence-corrected chi connectivity index (χ3v) is 6.23. The summed E-state index contributed by atoms with van der Waals surface area (Å²) in [6.45, 7) is 1.36. The van der Waals surface area contributed by atoms with Crippen molar-refractivity contribution in [3.8, 4) is 0 Å². The number of nitrogens with zero attached hydrogens (tertiary/aromatic N) is 2. The molecule has 4 rings (SSSR count). The molecular weight excluding hydrogens is 426 g/mol. The lowest BCUT2D eigenvalue weighted by atomic mass is 10.0. The van der Waals surface area contributed by atoms with E-state index in [2.05, 4.69) is 0 Å². The van der Waals surface area contributed by atoms with Crippen molar-refractivity contribution in [2.24, 2.45) is 11.7 Å². The SMILES string of the molecule is N[C@@H](CC(=O)N1CC[C@H]2CN(C(=O)c3cccc(F)c3)C[C@H]21)Cc1cc(F)c(F)cc1F. The highest BCUT2D eigenvalue weighted by Crippen LogP contribution is 2.33. The van der Waals surface area contributed by atoms with Crippen molar-refractivity contribution in [1.82, 2.24) is 9.80 Å². The van der Waals surface area contributed by atoms with Crippen LogP contribution in [0.15, 0.2) is 36.4 Å². The average Bonchev–Trinajstić information content (AvgIpc) is 3.32. The fraction of sp³-hybridized carbons (Fsp3) is 0.391. The fourth-order valence-electron chi connectivity index (χ4n) is 4.66. The lowest BCUT2D eigenvalue weighted by Crippen LogP contribution is -2.43. The summed E-state index contributed by atoms with van der Waals surface area (Å²) in [5, 5.41) is 0. The van der Waals surface area contributed by atoms with Crippen LogP contribution < -0.4 is 5.73 Å². The van der Waals surface area contributed by atoms with E-state index in [0.29, 0.717) is 25.7 Å². The Bertz CT molecular complexity index is 1050. The summed E-state index contributed by atoms with van der Waals surface area (Å²) >= 11 is 0. The van der Waals surface area contributed by atoms with Gasteiger partial charge in [0.05, 0.1) is 6.04 Å². The Morgan fingerprint density at radius 2 is 1.78 bits per heavy atom.